The summed E-state index contributed by atoms with van der Waals surface area (Å²) >= 11 is 5.92. The fourth-order valence-corrected chi connectivity index (χ4v) is 2.20. The number of phenolic OH excluding ortho intramolecular Hbond substituents is 2. The number of benzene rings is 2. The summed E-state index contributed by atoms with van der Waals surface area (Å²) in [6, 6.07) is 10.1. The predicted octanol–water partition coefficient (Wildman–Crippen LogP) is 4.23. The molecule has 4 heteroatoms. The zero-order valence-corrected chi connectivity index (χ0v) is 11.6. The highest BCUT2D eigenvalue weighted by molar-refractivity contribution is 6.30. The van der Waals surface area contributed by atoms with Gasteiger partial charge in [0.2, 0.25) is 0 Å². The molecule has 0 bridgehead atoms. The number of hydrogen-bond donors (Lipinski definition) is 3. The van der Waals surface area contributed by atoms with Crippen molar-refractivity contribution in [3.63, 3.8) is 0 Å². The normalized spacial score (nSPS) is 12.2. The van der Waals surface area contributed by atoms with Gasteiger partial charge in [-0.1, -0.05) is 11.6 Å². The Labute approximate surface area is 117 Å². The van der Waals surface area contributed by atoms with Crippen LogP contribution in [-0.4, -0.2) is 10.2 Å². The second-order valence-electron chi connectivity index (χ2n) is 4.61. The van der Waals surface area contributed by atoms with Crippen LogP contribution in [-0.2, 0) is 0 Å². The van der Waals surface area contributed by atoms with Crippen LogP contribution in [0, 0.1) is 6.92 Å². The van der Waals surface area contributed by atoms with E-state index in [-0.39, 0.29) is 17.5 Å². The Morgan fingerprint density at radius 1 is 1.05 bits per heavy atom. The monoisotopic (exact) mass is 277 g/mol. The smallest absolute Gasteiger partial charge is 0.119 e. The summed E-state index contributed by atoms with van der Waals surface area (Å²) in [5.74, 6) is 0.105. The van der Waals surface area contributed by atoms with Crippen LogP contribution in [0.25, 0.3) is 0 Å². The fraction of sp³-hybridized carbons (Fsp3) is 0.200. The van der Waals surface area contributed by atoms with Crippen LogP contribution in [0.4, 0.5) is 5.69 Å². The molecule has 3 N–H and O–H groups in total. The van der Waals surface area contributed by atoms with E-state index in [2.05, 4.69) is 5.32 Å². The summed E-state index contributed by atoms with van der Waals surface area (Å²) in [5, 5.41) is 23.0. The van der Waals surface area contributed by atoms with Crippen molar-refractivity contribution < 1.29 is 10.2 Å². The molecule has 2 rings (SSSR count). The second kappa shape index (κ2) is 5.41. The molecule has 0 heterocycles. The van der Waals surface area contributed by atoms with Crippen molar-refractivity contribution in [2.75, 3.05) is 5.32 Å². The number of rotatable bonds is 3. The third-order valence-corrected chi connectivity index (χ3v) is 3.22. The Morgan fingerprint density at radius 3 is 2.26 bits per heavy atom. The van der Waals surface area contributed by atoms with E-state index in [0.717, 1.165) is 16.8 Å². The van der Waals surface area contributed by atoms with Gasteiger partial charge in [0.25, 0.3) is 0 Å². The molecule has 0 radical (unpaired) electrons. The van der Waals surface area contributed by atoms with Gasteiger partial charge in [-0.3, -0.25) is 0 Å². The van der Waals surface area contributed by atoms with Crippen LogP contribution in [0.2, 0.25) is 5.02 Å². The standard InChI is InChI=1S/C15H16ClNO2/c1-9-5-12(16)3-4-15(9)17-10(2)11-6-13(18)8-14(19)7-11/h3-8,10,17-19H,1-2H3. The fourth-order valence-electron chi connectivity index (χ4n) is 1.97. The molecule has 1 unspecified atom stereocenters. The Morgan fingerprint density at radius 2 is 1.68 bits per heavy atom. The van der Waals surface area contributed by atoms with Gasteiger partial charge in [-0.05, 0) is 55.3 Å². The summed E-state index contributed by atoms with van der Waals surface area (Å²) in [7, 11) is 0. The average molecular weight is 278 g/mol. The van der Waals surface area contributed by atoms with Crippen LogP contribution >= 0.6 is 11.6 Å². The maximum Gasteiger partial charge on any atom is 0.119 e. The molecule has 0 aliphatic heterocycles. The zero-order chi connectivity index (χ0) is 14.0. The molecule has 0 amide bonds. The first-order valence-electron chi connectivity index (χ1n) is 6.01. The topological polar surface area (TPSA) is 52.5 Å². The van der Waals surface area contributed by atoms with Gasteiger partial charge in [0.05, 0.1) is 0 Å². The van der Waals surface area contributed by atoms with Crippen LogP contribution < -0.4 is 5.32 Å². The number of anilines is 1. The summed E-state index contributed by atoms with van der Waals surface area (Å²) in [6.45, 7) is 3.93. The molecule has 3 nitrogen and oxygen atoms in total. The first-order valence-corrected chi connectivity index (χ1v) is 6.39. The highest BCUT2D eigenvalue weighted by Crippen LogP contribution is 2.28. The zero-order valence-electron chi connectivity index (χ0n) is 10.8. The minimum atomic E-state index is -0.0436. The minimum absolute atomic E-state index is 0.0436. The quantitative estimate of drug-likeness (QED) is 0.787. The van der Waals surface area contributed by atoms with Crippen molar-refractivity contribution in [3.05, 3.63) is 52.5 Å². The van der Waals surface area contributed by atoms with Crippen LogP contribution in [0.3, 0.4) is 0 Å². The van der Waals surface area contributed by atoms with Crippen molar-refractivity contribution in [2.24, 2.45) is 0 Å². The van der Waals surface area contributed by atoms with E-state index in [9.17, 15) is 10.2 Å². The maximum atomic E-state index is 9.49. The van der Waals surface area contributed by atoms with Gasteiger partial charge in [-0.15, -0.1) is 0 Å². The molecule has 0 spiro atoms. The third-order valence-electron chi connectivity index (χ3n) is 2.99. The van der Waals surface area contributed by atoms with Crippen molar-refractivity contribution in [3.8, 4) is 11.5 Å². The first-order chi connectivity index (χ1) is 8.95. The van der Waals surface area contributed by atoms with Gasteiger partial charge in [0.1, 0.15) is 11.5 Å². The SMILES string of the molecule is Cc1cc(Cl)ccc1NC(C)c1cc(O)cc(O)c1. The van der Waals surface area contributed by atoms with E-state index in [4.69, 9.17) is 11.6 Å². The van der Waals surface area contributed by atoms with Crippen molar-refractivity contribution >= 4 is 17.3 Å². The highest BCUT2D eigenvalue weighted by Gasteiger charge is 2.09. The minimum Gasteiger partial charge on any atom is -0.508 e. The van der Waals surface area contributed by atoms with Gasteiger partial charge in [-0.25, -0.2) is 0 Å². The van der Waals surface area contributed by atoms with E-state index >= 15 is 0 Å². The molecule has 0 saturated heterocycles. The lowest BCUT2D eigenvalue weighted by atomic mass is 10.1. The van der Waals surface area contributed by atoms with E-state index in [0.29, 0.717) is 5.02 Å². The van der Waals surface area contributed by atoms with Crippen LogP contribution in [0.15, 0.2) is 36.4 Å². The summed E-state index contributed by atoms with van der Waals surface area (Å²) < 4.78 is 0. The van der Waals surface area contributed by atoms with Crippen LogP contribution in [0.1, 0.15) is 24.1 Å². The average Bonchev–Trinajstić information content (AvgIpc) is 2.31. The lowest BCUT2D eigenvalue weighted by molar-refractivity contribution is 0.448. The molecule has 0 fully saturated rings. The molecule has 0 aromatic heterocycles. The first kappa shape index (κ1) is 13.6. The Bertz CT molecular complexity index is 578. The molecular formula is C15H16ClNO2. The van der Waals surface area contributed by atoms with Crippen molar-refractivity contribution in [2.45, 2.75) is 19.9 Å². The second-order valence-corrected chi connectivity index (χ2v) is 5.04. The van der Waals surface area contributed by atoms with Gasteiger partial charge < -0.3 is 15.5 Å². The Hall–Kier alpha value is -1.87. The van der Waals surface area contributed by atoms with Gasteiger partial charge in [0, 0.05) is 22.8 Å². The number of nitrogens with one attached hydrogen (secondary N) is 1. The van der Waals surface area contributed by atoms with Crippen molar-refractivity contribution in [1.29, 1.82) is 0 Å². The van der Waals surface area contributed by atoms with Crippen molar-refractivity contribution in [1.82, 2.24) is 0 Å². The molecule has 100 valence electrons. The number of hydrogen-bond acceptors (Lipinski definition) is 3. The highest BCUT2D eigenvalue weighted by atomic mass is 35.5. The summed E-state index contributed by atoms with van der Waals surface area (Å²) in [5.41, 5.74) is 2.83. The predicted molar refractivity (Wildman–Crippen MR) is 78.0 cm³/mol. The number of aryl methyl sites for hydroxylation is 1. The lowest BCUT2D eigenvalue weighted by Gasteiger charge is -2.18. The number of phenols is 2. The van der Waals surface area contributed by atoms with E-state index in [1.807, 2.05) is 32.0 Å². The number of aromatic hydroxyl groups is 2. The van der Waals surface area contributed by atoms with E-state index < -0.39 is 0 Å². The lowest BCUT2D eigenvalue weighted by Crippen LogP contribution is -2.07. The van der Waals surface area contributed by atoms with Crippen LogP contribution in [0.5, 0.6) is 11.5 Å². The molecule has 19 heavy (non-hydrogen) atoms. The Balaban J connectivity index is 2.22. The van der Waals surface area contributed by atoms with Gasteiger partial charge in [-0.2, -0.15) is 0 Å². The summed E-state index contributed by atoms with van der Waals surface area (Å²) in [6.07, 6.45) is 0. The van der Waals surface area contributed by atoms with E-state index in [1.165, 1.54) is 6.07 Å². The molecular weight excluding hydrogens is 262 g/mol. The summed E-state index contributed by atoms with van der Waals surface area (Å²) in [4.78, 5) is 0. The molecule has 0 aliphatic rings. The molecule has 0 saturated carbocycles. The van der Waals surface area contributed by atoms with Gasteiger partial charge >= 0.3 is 0 Å². The molecule has 2 aromatic rings. The van der Waals surface area contributed by atoms with Gasteiger partial charge in [0.15, 0.2) is 0 Å². The maximum absolute atomic E-state index is 9.49. The Kier molecular flexibility index (Phi) is 3.86. The molecule has 2 aromatic carbocycles. The largest absolute Gasteiger partial charge is 0.508 e. The molecule has 1 atom stereocenters. The van der Waals surface area contributed by atoms with E-state index in [1.54, 1.807) is 12.1 Å². The third kappa shape index (κ3) is 3.32. The number of halogens is 1. The molecule has 0 aliphatic carbocycles.